The largest absolute Gasteiger partial charge is 0.503 e. The van der Waals surface area contributed by atoms with Crippen molar-refractivity contribution in [3.05, 3.63) is 29.8 Å². The standard InChI is InChI=1S/C14H17BO4/c1-13(2)14(3,4)19-15(18-13)11-8-6-7-10(9-11)12(16)17-5/h7,9H,1-5H3. The van der Waals surface area contributed by atoms with Crippen LogP contribution in [0.2, 0.25) is 0 Å². The molecule has 0 atom stereocenters. The van der Waals surface area contributed by atoms with Crippen LogP contribution in [0.5, 0.6) is 0 Å². The summed E-state index contributed by atoms with van der Waals surface area (Å²) in [4.78, 5) is 11.5. The van der Waals surface area contributed by atoms with E-state index in [0.717, 1.165) is 0 Å². The third kappa shape index (κ3) is 2.47. The molecule has 0 bridgehead atoms. The van der Waals surface area contributed by atoms with Gasteiger partial charge in [-0.2, -0.15) is 0 Å². The molecule has 1 aromatic carbocycles. The second kappa shape index (κ2) is 4.55. The zero-order valence-electron chi connectivity index (χ0n) is 11.9. The fourth-order valence-electron chi connectivity index (χ4n) is 1.78. The second-order valence-corrected chi connectivity index (χ2v) is 5.55. The Bertz CT molecular complexity index is 480. The molecule has 0 aliphatic carbocycles. The van der Waals surface area contributed by atoms with Crippen LogP contribution in [0.15, 0.2) is 12.1 Å². The van der Waals surface area contributed by atoms with E-state index in [1.807, 2.05) is 27.7 Å². The quantitative estimate of drug-likeness (QED) is 0.595. The smallest absolute Gasteiger partial charge is 0.465 e. The Hall–Kier alpha value is -1.51. The lowest BCUT2D eigenvalue weighted by atomic mass is 9.79. The molecule has 1 aliphatic heterocycles. The third-order valence-corrected chi connectivity index (χ3v) is 3.68. The highest BCUT2D eigenvalue weighted by Gasteiger charge is 2.52. The van der Waals surface area contributed by atoms with Crippen LogP contribution in [0.25, 0.3) is 0 Å². The second-order valence-electron chi connectivity index (χ2n) is 5.55. The molecule has 4 nitrogen and oxygen atoms in total. The van der Waals surface area contributed by atoms with Gasteiger partial charge < -0.3 is 14.0 Å². The molecule has 1 aromatic rings. The van der Waals surface area contributed by atoms with Gasteiger partial charge in [0.2, 0.25) is 0 Å². The Morgan fingerprint density at radius 3 is 2.37 bits per heavy atom. The molecular formula is C14H17BO4. The van der Waals surface area contributed by atoms with Crippen LogP contribution < -0.4 is 5.46 Å². The Labute approximate surface area is 114 Å². The monoisotopic (exact) mass is 260 g/mol. The Balaban J connectivity index is 2.27. The van der Waals surface area contributed by atoms with Crippen molar-refractivity contribution in [2.45, 2.75) is 38.9 Å². The van der Waals surface area contributed by atoms with Crippen molar-refractivity contribution in [2.24, 2.45) is 0 Å². The molecule has 0 radical (unpaired) electrons. The first-order chi connectivity index (χ1) is 8.77. The molecule has 19 heavy (non-hydrogen) atoms. The lowest BCUT2D eigenvalue weighted by Crippen LogP contribution is -2.41. The highest BCUT2D eigenvalue weighted by molar-refractivity contribution is 6.61. The summed E-state index contributed by atoms with van der Waals surface area (Å²) in [5, 5.41) is 0. The van der Waals surface area contributed by atoms with Crippen LogP contribution in [0.3, 0.4) is 0 Å². The predicted octanol–water partition coefficient (Wildman–Crippen LogP) is 1.37. The molecule has 1 fully saturated rings. The molecule has 0 saturated carbocycles. The first-order valence-electron chi connectivity index (χ1n) is 6.14. The topological polar surface area (TPSA) is 44.8 Å². The van der Waals surface area contributed by atoms with E-state index in [1.165, 1.54) is 13.2 Å². The minimum atomic E-state index is -0.550. The molecule has 0 amide bonds. The molecule has 2 rings (SSSR count). The van der Waals surface area contributed by atoms with Crippen LogP contribution in [0.1, 0.15) is 38.1 Å². The molecule has 0 spiro atoms. The van der Waals surface area contributed by atoms with E-state index in [9.17, 15) is 4.79 Å². The average molecular weight is 260 g/mol. The number of methoxy groups -OCH3 is 1. The Kier molecular flexibility index (Phi) is 3.33. The van der Waals surface area contributed by atoms with Crippen molar-refractivity contribution in [1.29, 1.82) is 0 Å². The fourth-order valence-corrected chi connectivity index (χ4v) is 1.78. The molecule has 1 saturated heterocycles. The van der Waals surface area contributed by atoms with Gasteiger partial charge in [0.1, 0.15) is 0 Å². The lowest BCUT2D eigenvalue weighted by Gasteiger charge is -2.32. The molecule has 100 valence electrons. The van der Waals surface area contributed by atoms with Gasteiger partial charge in [-0.05, 0) is 33.8 Å². The van der Waals surface area contributed by atoms with Crippen LogP contribution in [0, 0.1) is 12.1 Å². The number of ether oxygens (including phenoxy) is 1. The van der Waals surface area contributed by atoms with Crippen molar-refractivity contribution in [1.82, 2.24) is 0 Å². The van der Waals surface area contributed by atoms with Gasteiger partial charge in [-0.15, -0.1) is 0 Å². The fraction of sp³-hybridized carbons (Fsp3) is 0.500. The predicted molar refractivity (Wildman–Crippen MR) is 71.2 cm³/mol. The number of carbonyl (C=O) groups excluding carboxylic acids is 1. The third-order valence-electron chi connectivity index (χ3n) is 3.68. The minimum absolute atomic E-state index is 0.408. The van der Waals surface area contributed by atoms with Crippen LogP contribution in [0.4, 0.5) is 0 Å². The van der Waals surface area contributed by atoms with E-state index in [0.29, 0.717) is 11.0 Å². The zero-order valence-corrected chi connectivity index (χ0v) is 11.9. The normalized spacial score (nSPS) is 19.9. The van der Waals surface area contributed by atoms with Gasteiger partial charge in [0.15, 0.2) is 0 Å². The molecule has 1 heterocycles. The molecule has 0 N–H and O–H groups in total. The maximum atomic E-state index is 11.5. The molecule has 0 unspecified atom stereocenters. The van der Waals surface area contributed by atoms with Gasteiger partial charge >= 0.3 is 13.1 Å². The van der Waals surface area contributed by atoms with Gasteiger partial charge in [0.25, 0.3) is 0 Å². The van der Waals surface area contributed by atoms with Crippen LogP contribution in [-0.2, 0) is 14.0 Å². The summed E-state index contributed by atoms with van der Waals surface area (Å²) < 4.78 is 16.5. The summed E-state index contributed by atoms with van der Waals surface area (Å²) in [6.07, 6.45) is 0. The summed E-state index contributed by atoms with van der Waals surface area (Å²) >= 11 is 0. The zero-order chi connectivity index (χ0) is 14.3. The minimum Gasteiger partial charge on any atom is -0.465 e. The molecular weight excluding hydrogens is 243 g/mol. The van der Waals surface area contributed by atoms with Crippen molar-refractivity contribution >= 4 is 18.6 Å². The number of esters is 1. The van der Waals surface area contributed by atoms with Crippen LogP contribution >= 0.6 is 0 Å². The van der Waals surface area contributed by atoms with E-state index in [4.69, 9.17) is 9.31 Å². The maximum Gasteiger partial charge on any atom is 0.503 e. The Morgan fingerprint density at radius 2 is 1.84 bits per heavy atom. The molecule has 1 aliphatic rings. The first kappa shape index (κ1) is 13.9. The first-order valence-corrected chi connectivity index (χ1v) is 6.14. The summed E-state index contributed by atoms with van der Waals surface area (Å²) in [6, 6.07) is 8.90. The van der Waals surface area contributed by atoms with Gasteiger partial charge in [-0.25, -0.2) is 4.79 Å². The van der Waals surface area contributed by atoms with E-state index < -0.39 is 24.3 Å². The van der Waals surface area contributed by atoms with E-state index in [-0.39, 0.29) is 0 Å². The molecule has 5 heteroatoms. The highest BCUT2D eigenvalue weighted by atomic mass is 16.7. The summed E-state index contributed by atoms with van der Waals surface area (Å²) in [6.45, 7) is 7.89. The summed E-state index contributed by atoms with van der Waals surface area (Å²) in [5.74, 6) is -0.414. The van der Waals surface area contributed by atoms with Gasteiger partial charge in [-0.3, -0.25) is 0 Å². The highest BCUT2D eigenvalue weighted by Crippen LogP contribution is 2.36. The van der Waals surface area contributed by atoms with Crippen molar-refractivity contribution in [3.8, 4) is 0 Å². The van der Waals surface area contributed by atoms with Gasteiger partial charge in [0, 0.05) is 11.5 Å². The van der Waals surface area contributed by atoms with Crippen molar-refractivity contribution in [2.75, 3.05) is 7.11 Å². The number of carbonyl (C=O) groups is 1. The number of hydrogen-bond acceptors (Lipinski definition) is 4. The number of hydrogen-bond donors (Lipinski definition) is 0. The van der Waals surface area contributed by atoms with Gasteiger partial charge in [0.05, 0.1) is 23.9 Å². The van der Waals surface area contributed by atoms with Crippen molar-refractivity contribution in [3.63, 3.8) is 0 Å². The maximum absolute atomic E-state index is 11.5. The van der Waals surface area contributed by atoms with Crippen molar-refractivity contribution < 1.29 is 18.8 Å². The lowest BCUT2D eigenvalue weighted by molar-refractivity contribution is 0.00578. The average Bonchev–Trinajstić information content (AvgIpc) is 2.58. The van der Waals surface area contributed by atoms with Gasteiger partial charge in [-0.1, -0.05) is 12.1 Å². The van der Waals surface area contributed by atoms with Crippen LogP contribution in [-0.4, -0.2) is 31.4 Å². The summed E-state index contributed by atoms with van der Waals surface area (Å²) in [7, 11) is 0.791. The summed E-state index contributed by atoms with van der Waals surface area (Å²) in [5.41, 5.74) is 0.201. The van der Waals surface area contributed by atoms with E-state index >= 15 is 0 Å². The Morgan fingerprint density at radius 1 is 1.26 bits per heavy atom. The van der Waals surface area contributed by atoms with E-state index in [1.54, 1.807) is 6.07 Å². The molecule has 0 aromatic heterocycles. The number of rotatable bonds is 2. The van der Waals surface area contributed by atoms with E-state index in [2.05, 4.69) is 16.9 Å². The SMILES string of the molecule is COC(=O)c1cc#cc(B2OC(C)(C)C(C)(C)O2)c1.